The van der Waals surface area contributed by atoms with Crippen molar-refractivity contribution in [3.05, 3.63) is 46.7 Å². The van der Waals surface area contributed by atoms with Gasteiger partial charge in [-0.15, -0.1) is 21.5 Å². The molecule has 0 spiro atoms. The van der Waals surface area contributed by atoms with Crippen LogP contribution in [0.5, 0.6) is 0 Å². The third-order valence-electron chi connectivity index (χ3n) is 2.96. The van der Waals surface area contributed by atoms with Crippen molar-refractivity contribution < 1.29 is 9.18 Å². The van der Waals surface area contributed by atoms with Crippen LogP contribution in [0, 0.1) is 12.7 Å². The van der Waals surface area contributed by atoms with Gasteiger partial charge in [-0.25, -0.2) is 9.37 Å². The number of nitrogens with one attached hydrogen (secondary N) is 2. The lowest BCUT2D eigenvalue weighted by molar-refractivity contribution is -0.113. The molecule has 25 heavy (non-hydrogen) atoms. The molecule has 0 saturated heterocycles. The Kier molecular flexibility index (Phi) is 5.95. The van der Waals surface area contributed by atoms with Crippen molar-refractivity contribution >= 4 is 50.6 Å². The predicted molar refractivity (Wildman–Crippen MR) is 99.8 cm³/mol. The van der Waals surface area contributed by atoms with Gasteiger partial charge in [-0.1, -0.05) is 35.2 Å². The molecule has 10 heteroatoms. The van der Waals surface area contributed by atoms with E-state index in [0.29, 0.717) is 21.1 Å². The molecule has 130 valence electrons. The van der Waals surface area contributed by atoms with Gasteiger partial charge < -0.3 is 10.6 Å². The Morgan fingerprint density at radius 1 is 1.24 bits per heavy atom. The number of thioether (sulfide) groups is 1. The summed E-state index contributed by atoms with van der Waals surface area (Å²) in [5.41, 5.74) is 1.83. The standard InChI is InChI=1S/C15H14FN5OS3/c1-9-7-23-14(18-9)19-12(22)8-24-15-21-20-13(25-15)17-6-10-2-4-11(16)5-3-10/h2-5,7H,6,8H2,1H3,(H,17,20)(H,18,19,22). The number of benzene rings is 1. The van der Waals surface area contributed by atoms with E-state index in [-0.39, 0.29) is 17.5 Å². The van der Waals surface area contributed by atoms with E-state index in [0.717, 1.165) is 11.3 Å². The number of halogens is 1. The second-order valence-electron chi connectivity index (χ2n) is 4.98. The van der Waals surface area contributed by atoms with E-state index < -0.39 is 0 Å². The Morgan fingerprint density at radius 3 is 2.76 bits per heavy atom. The van der Waals surface area contributed by atoms with Crippen LogP contribution in [-0.2, 0) is 11.3 Å². The number of rotatable bonds is 7. The highest BCUT2D eigenvalue weighted by molar-refractivity contribution is 8.01. The topological polar surface area (TPSA) is 79.8 Å². The van der Waals surface area contributed by atoms with Gasteiger partial charge in [-0.05, 0) is 24.6 Å². The molecule has 1 aromatic carbocycles. The van der Waals surface area contributed by atoms with Gasteiger partial charge in [-0.3, -0.25) is 4.79 Å². The van der Waals surface area contributed by atoms with Gasteiger partial charge in [0.05, 0.1) is 11.4 Å². The van der Waals surface area contributed by atoms with Crippen LogP contribution in [0.3, 0.4) is 0 Å². The number of thiazole rings is 1. The Bertz CT molecular complexity index is 849. The lowest BCUT2D eigenvalue weighted by Gasteiger charge is -2.01. The summed E-state index contributed by atoms with van der Waals surface area (Å²) in [5.74, 6) is -0.148. The van der Waals surface area contributed by atoms with Crippen molar-refractivity contribution in [1.82, 2.24) is 15.2 Å². The molecule has 0 unspecified atom stereocenters. The molecule has 0 radical (unpaired) electrons. The van der Waals surface area contributed by atoms with Crippen LogP contribution in [0.1, 0.15) is 11.3 Å². The van der Waals surface area contributed by atoms with Crippen LogP contribution in [0.2, 0.25) is 0 Å². The highest BCUT2D eigenvalue weighted by Crippen LogP contribution is 2.26. The Morgan fingerprint density at radius 2 is 2.04 bits per heavy atom. The van der Waals surface area contributed by atoms with Crippen LogP contribution in [0.4, 0.5) is 14.7 Å². The number of aryl methyl sites for hydroxylation is 1. The summed E-state index contributed by atoms with van der Waals surface area (Å²) >= 11 is 4.09. The zero-order valence-corrected chi connectivity index (χ0v) is 15.6. The quantitative estimate of drug-likeness (QED) is 0.593. The van der Waals surface area contributed by atoms with Gasteiger partial charge >= 0.3 is 0 Å². The van der Waals surface area contributed by atoms with Crippen LogP contribution in [-0.4, -0.2) is 26.8 Å². The van der Waals surface area contributed by atoms with Crippen molar-refractivity contribution in [2.24, 2.45) is 0 Å². The van der Waals surface area contributed by atoms with E-state index in [9.17, 15) is 9.18 Å². The number of carbonyl (C=O) groups is 1. The van der Waals surface area contributed by atoms with Crippen molar-refractivity contribution in [3.63, 3.8) is 0 Å². The molecule has 0 bridgehead atoms. The molecule has 0 atom stereocenters. The van der Waals surface area contributed by atoms with E-state index in [1.807, 2.05) is 12.3 Å². The second kappa shape index (κ2) is 8.37. The average molecular weight is 396 g/mol. The smallest absolute Gasteiger partial charge is 0.236 e. The summed E-state index contributed by atoms with van der Waals surface area (Å²) in [4.78, 5) is 16.1. The normalized spacial score (nSPS) is 10.6. The highest BCUT2D eigenvalue weighted by atomic mass is 32.2. The molecule has 2 aromatic heterocycles. The van der Waals surface area contributed by atoms with Crippen molar-refractivity contribution in [2.45, 2.75) is 17.8 Å². The number of amides is 1. The van der Waals surface area contributed by atoms with Gasteiger partial charge in [0, 0.05) is 11.9 Å². The molecular formula is C15H14FN5OS3. The van der Waals surface area contributed by atoms with Crippen molar-refractivity contribution in [1.29, 1.82) is 0 Å². The lowest BCUT2D eigenvalue weighted by atomic mass is 10.2. The molecule has 6 nitrogen and oxygen atoms in total. The maximum Gasteiger partial charge on any atom is 0.236 e. The lowest BCUT2D eigenvalue weighted by Crippen LogP contribution is -2.13. The largest absolute Gasteiger partial charge is 0.356 e. The summed E-state index contributed by atoms with van der Waals surface area (Å²) in [6.07, 6.45) is 0. The molecule has 0 aliphatic heterocycles. The first-order valence-electron chi connectivity index (χ1n) is 7.25. The number of anilines is 2. The van der Waals surface area contributed by atoms with E-state index in [1.54, 1.807) is 12.1 Å². The van der Waals surface area contributed by atoms with Crippen molar-refractivity contribution in [2.75, 3.05) is 16.4 Å². The molecule has 1 amide bonds. The van der Waals surface area contributed by atoms with Gasteiger partial charge in [0.25, 0.3) is 0 Å². The molecule has 0 aliphatic rings. The molecule has 2 N–H and O–H groups in total. The minimum Gasteiger partial charge on any atom is -0.356 e. The third-order valence-corrected chi connectivity index (χ3v) is 5.85. The maximum absolute atomic E-state index is 12.9. The Hall–Kier alpha value is -2.04. The zero-order valence-electron chi connectivity index (χ0n) is 13.2. The molecule has 0 saturated carbocycles. The van der Waals surface area contributed by atoms with E-state index in [1.165, 1.54) is 46.6 Å². The van der Waals surface area contributed by atoms with Crippen LogP contribution < -0.4 is 10.6 Å². The summed E-state index contributed by atoms with van der Waals surface area (Å²) < 4.78 is 13.6. The number of nitrogens with zero attached hydrogens (tertiary/aromatic N) is 3. The average Bonchev–Trinajstić information content (AvgIpc) is 3.21. The first-order valence-corrected chi connectivity index (χ1v) is 9.93. The number of hydrogen-bond acceptors (Lipinski definition) is 8. The van der Waals surface area contributed by atoms with Crippen molar-refractivity contribution in [3.8, 4) is 0 Å². The van der Waals surface area contributed by atoms with E-state index >= 15 is 0 Å². The minimum atomic E-state index is -0.260. The van der Waals surface area contributed by atoms with Crippen LogP contribution >= 0.6 is 34.4 Å². The number of aromatic nitrogens is 3. The number of hydrogen-bond donors (Lipinski definition) is 2. The van der Waals surface area contributed by atoms with Gasteiger partial charge in [0.1, 0.15) is 5.82 Å². The fourth-order valence-corrected chi connectivity index (χ4v) is 4.07. The zero-order chi connectivity index (χ0) is 17.6. The first kappa shape index (κ1) is 17.8. The Labute approximate surface area is 155 Å². The van der Waals surface area contributed by atoms with E-state index in [2.05, 4.69) is 25.8 Å². The molecular weight excluding hydrogens is 381 g/mol. The Balaban J connectivity index is 1.44. The fourth-order valence-electron chi connectivity index (χ4n) is 1.81. The SMILES string of the molecule is Cc1csc(NC(=O)CSc2nnc(NCc3ccc(F)cc3)s2)n1. The fraction of sp³-hybridized carbons (Fsp3) is 0.200. The summed E-state index contributed by atoms with van der Waals surface area (Å²) in [6.45, 7) is 2.41. The van der Waals surface area contributed by atoms with E-state index in [4.69, 9.17) is 0 Å². The summed E-state index contributed by atoms with van der Waals surface area (Å²) in [5, 5.41) is 17.1. The van der Waals surface area contributed by atoms with Crippen LogP contribution in [0.15, 0.2) is 34.0 Å². The molecule has 0 aliphatic carbocycles. The van der Waals surface area contributed by atoms with Gasteiger partial charge in [-0.2, -0.15) is 0 Å². The predicted octanol–water partition coefficient (Wildman–Crippen LogP) is 3.79. The summed E-state index contributed by atoms with van der Waals surface area (Å²) in [6, 6.07) is 6.26. The maximum atomic E-state index is 12.9. The van der Waals surface area contributed by atoms with Crippen LogP contribution in [0.25, 0.3) is 0 Å². The highest BCUT2D eigenvalue weighted by Gasteiger charge is 2.10. The first-order chi connectivity index (χ1) is 12.1. The molecule has 2 heterocycles. The number of carbonyl (C=O) groups excluding carboxylic acids is 1. The van der Waals surface area contributed by atoms with Gasteiger partial charge in [0.2, 0.25) is 11.0 Å². The van der Waals surface area contributed by atoms with Gasteiger partial charge in [0.15, 0.2) is 9.47 Å². The molecule has 3 rings (SSSR count). The second-order valence-corrected chi connectivity index (χ2v) is 8.04. The monoisotopic (exact) mass is 395 g/mol. The molecule has 0 fully saturated rings. The molecule has 3 aromatic rings. The third kappa shape index (κ3) is 5.48. The summed E-state index contributed by atoms with van der Waals surface area (Å²) in [7, 11) is 0. The minimum absolute atomic E-state index is 0.129.